The van der Waals surface area contributed by atoms with E-state index >= 15 is 0 Å². The van der Waals surface area contributed by atoms with E-state index in [0.717, 1.165) is 0 Å². The summed E-state index contributed by atoms with van der Waals surface area (Å²) in [6.07, 6.45) is 2.55. The standard InChI is InChI=1S/C9H10O4.C6H6O3/c1-2-12-9(11)6-7(10)8-4-3-5-13-8;1-8-6(7)5-3-2-4-9-5/h3-5H,2,6H2,1H3;2-4H,1H3. The van der Waals surface area contributed by atoms with Gasteiger partial charge in [0, 0.05) is 0 Å². The number of hydrogen-bond donors (Lipinski definition) is 0. The van der Waals surface area contributed by atoms with Gasteiger partial charge in [-0.1, -0.05) is 0 Å². The average Bonchev–Trinajstić information content (AvgIpc) is 3.20. The van der Waals surface area contributed by atoms with E-state index < -0.39 is 11.9 Å². The van der Waals surface area contributed by atoms with Gasteiger partial charge in [-0.2, -0.15) is 0 Å². The zero-order chi connectivity index (χ0) is 16.4. The molecule has 0 aliphatic heterocycles. The van der Waals surface area contributed by atoms with E-state index in [2.05, 4.69) is 9.47 Å². The summed E-state index contributed by atoms with van der Waals surface area (Å²) in [5, 5.41) is 0. The molecular formula is C15H16O7. The molecule has 2 rings (SSSR count). The second kappa shape index (κ2) is 9.17. The van der Waals surface area contributed by atoms with E-state index in [-0.39, 0.29) is 30.3 Å². The second-order valence-electron chi connectivity index (χ2n) is 3.85. The Balaban J connectivity index is 0.000000235. The molecule has 0 radical (unpaired) electrons. The van der Waals surface area contributed by atoms with Crippen molar-refractivity contribution >= 4 is 17.7 Å². The molecule has 0 N–H and O–H groups in total. The fraction of sp³-hybridized carbons (Fsp3) is 0.267. The third-order valence-corrected chi connectivity index (χ3v) is 2.31. The first-order chi connectivity index (χ1) is 10.6. The Morgan fingerprint density at radius 1 is 1.05 bits per heavy atom. The summed E-state index contributed by atoms with van der Waals surface area (Å²) in [5.74, 6) is -0.905. The van der Waals surface area contributed by atoms with Crippen LogP contribution in [0.3, 0.4) is 0 Å². The maximum Gasteiger partial charge on any atom is 0.373 e. The lowest BCUT2D eigenvalue weighted by atomic mass is 10.2. The van der Waals surface area contributed by atoms with Gasteiger partial charge in [-0.05, 0) is 31.2 Å². The molecule has 0 aliphatic rings. The van der Waals surface area contributed by atoms with Crippen LogP contribution in [0.5, 0.6) is 0 Å². The molecule has 2 heterocycles. The molecular weight excluding hydrogens is 292 g/mol. The minimum atomic E-state index is -0.524. The zero-order valence-corrected chi connectivity index (χ0v) is 12.2. The quantitative estimate of drug-likeness (QED) is 0.475. The summed E-state index contributed by atoms with van der Waals surface area (Å²) >= 11 is 0. The molecule has 0 amide bonds. The van der Waals surface area contributed by atoms with Gasteiger partial charge in [-0.25, -0.2) is 4.79 Å². The largest absolute Gasteiger partial charge is 0.466 e. The number of ether oxygens (including phenoxy) is 2. The lowest BCUT2D eigenvalue weighted by Gasteiger charge is -1.98. The summed E-state index contributed by atoms with van der Waals surface area (Å²) in [4.78, 5) is 32.6. The van der Waals surface area contributed by atoms with Crippen LogP contribution in [0.2, 0.25) is 0 Å². The summed E-state index contributed by atoms with van der Waals surface area (Å²) in [6.45, 7) is 1.97. The molecule has 7 heteroatoms. The lowest BCUT2D eigenvalue weighted by molar-refractivity contribution is -0.142. The number of carbonyl (C=O) groups excluding carboxylic acids is 3. The van der Waals surface area contributed by atoms with Gasteiger partial charge >= 0.3 is 11.9 Å². The van der Waals surface area contributed by atoms with Crippen LogP contribution in [0.15, 0.2) is 45.6 Å². The molecule has 0 fully saturated rings. The van der Waals surface area contributed by atoms with Crippen molar-refractivity contribution in [2.24, 2.45) is 0 Å². The Bertz CT molecular complexity index is 581. The van der Waals surface area contributed by atoms with Crippen molar-refractivity contribution in [1.29, 1.82) is 0 Å². The molecule has 0 saturated carbocycles. The van der Waals surface area contributed by atoms with Gasteiger partial charge in [0.1, 0.15) is 6.42 Å². The number of carbonyl (C=O) groups is 3. The first-order valence-electron chi connectivity index (χ1n) is 6.42. The van der Waals surface area contributed by atoms with Crippen molar-refractivity contribution in [3.05, 3.63) is 48.3 Å². The fourth-order valence-electron chi connectivity index (χ4n) is 1.36. The van der Waals surface area contributed by atoms with Crippen molar-refractivity contribution in [3.8, 4) is 0 Å². The van der Waals surface area contributed by atoms with Crippen molar-refractivity contribution in [2.45, 2.75) is 13.3 Å². The molecule has 7 nitrogen and oxygen atoms in total. The van der Waals surface area contributed by atoms with E-state index in [9.17, 15) is 14.4 Å². The lowest BCUT2D eigenvalue weighted by Crippen LogP contribution is -2.10. The van der Waals surface area contributed by atoms with Gasteiger partial charge < -0.3 is 18.3 Å². The number of methoxy groups -OCH3 is 1. The third kappa shape index (κ3) is 5.66. The van der Waals surface area contributed by atoms with E-state index in [1.807, 2.05) is 0 Å². The molecule has 2 aromatic heterocycles. The summed E-state index contributed by atoms with van der Waals surface area (Å²) in [5.41, 5.74) is 0. The van der Waals surface area contributed by atoms with Gasteiger partial charge in [-0.15, -0.1) is 0 Å². The van der Waals surface area contributed by atoms with Crippen LogP contribution in [0, 0.1) is 0 Å². The SMILES string of the molecule is CCOC(=O)CC(=O)c1ccco1.COC(=O)c1ccco1. The highest BCUT2D eigenvalue weighted by Crippen LogP contribution is 2.04. The smallest absolute Gasteiger partial charge is 0.373 e. The topological polar surface area (TPSA) is 96.0 Å². The van der Waals surface area contributed by atoms with Crippen LogP contribution in [-0.4, -0.2) is 31.4 Å². The van der Waals surface area contributed by atoms with Crippen LogP contribution in [0.25, 0.3) is 0 Å². The van der Waals surface area contributed by atoms with E-state index in [1.54, 1.807) is 25.1 Å². The molecule has 22 heavy (non-hydrogen) atoms. The maximum atomic E-state index is 11.2. The Kier molecular flexibility index (Phi) is 7.18. The van der Waals surface area contributed by atoms with Gasteiger partial charge in [0.15, 0.2) is 5.76 Å². The van der Waals surface area contributed by atoms with Crippen molar-refractivity contribution in [3.63, 3.8) is 0 Å². The minimum absolute atomic E-state index is 0.188. The number of rotatable bonds is 5. The molecule has 2 aromatic rings. The van der Waals surface area contributed by atoms with Crippen LogP contribution in [0.4, 0.5) is 0 Å². The Labute approximate surface area is 126 Å². The zero-order valence-electron chi connectivity index (χ0n) is 12.2. The number of esters is 2. The molecule has 0 aromatic carbocycles. The molecule has 0 saturated heterocycles. The predicted molar refractivity (Wildman–Crippen MR) is 74.3 cm³/mol. The van der Waals surface area contributed by atoms with E-state index in [1.165, 1.54) is 25.7 Å². The van der Waals surface area contributed by atoms with Gasteiger partial charge in [0.2, 0.25) is 11.5 Å². The van der Waals surface area contributed by atoms with Crippen LogP contribution in [-0.2, 0) is 14.3 Å². The number of hydrogen-bond acceptors (Lipinski definition) is 7. The monoisotopic (exact) mass is 308 g/mol. The van der Waals surface area contributed by atoms with Crippen LogP contribution < -0.4 is 0 Å². The van der Waals surface area contributed by atoms with E-state index in [4.69, 9.17) is 8.83 Å². The molecule has 0 unspecified atom stereocenters. The highest BCUT2D eigenvalue weighted by molar-refractivity contribution is 6.04. The van der Waals surface area contributed by atoms with Crippen molar-refractivity contribution in [2.75, 3.05) is 13.7 Å². The van der Waals surface area contributed by atoms with Gasteiger partial charge in [0.25, 0.3) is 0 Å². The minimum Gasteiger partial charge on any atom is -0.466 e. The van der Waals surface area contributed by atoms with Crippen molar-refractivity contribution < 1.29 is 32.7 Å². The summed E-state index contributed by atoms with van der Waals surface area (Å²) in [7, 11) is 1.31. The van der Waals surface area contributed by atoms with Crippen LogP contribution in [0.1, 0.15) is 34.5 Å². The first-order valence-corrected chi connectivity index (χ1v) is 6.42. The Morgan fingerprint density at radius 3 is 2.09 bits per heavy atom. The highest BCUT2D eigenvalue weighted by atomic mass is 16.5. The highest BCUT2D eigenvalue weighted by Gasteiger charge is 2.14. The molecule has 0 spiro atoms. The third-order valence-electron chi connectivity index (χ3n) is 2.31. The normalized spacial score (nSPS) is 9.36. The summed E-state index contributed by atoms with van der Waals surface area (Å²) in [6, 6.07) is 6.29. The Morgan fingerprint density at radius 2 is 1.64 bits per heavy atom. The van der Waals surface area contributed by atoms with E-state index in [0.29, 0.717) is 0 Å². The second-order valence-corrected chi connectivity index (χ2v) is 3.85. The van der Waals surface area contributed by atoms with Crippen molar-refractivity contribution in [1.82, 2.24) is 0 Å². The fourth-order valence-corrected chi connectivity index (χ4v) is 1.36. The molecule has 0 atom stereocenters. The number of furan rings is 2. The molecule has 0 aliphatic carbocycles. The maximum absolute atomic E-state index is 11.2. The predicted octanol–water partition coefficient (Wildman–Crippen LogP) is 2.48. The number of Topliss-reactive ketones (excluding diaryl/α,β-unsaturated/α-hetero) is 1. The van der Waals surface area contributed by atoms with Gasteiger partial charge in [0.05, 0.1) is 26.2 Å². The van der Waals surface area contributed by atoms with Gasteiger partial charge in [-0.3, -0.25) is 9.59 Å². The first kappa shape index (κ1) is 17.2. The molecule has 118 valence electrons. The van der Waals surface area contributed by atoms with Crippen LogP contribution >= 0.6 is 0 Å². The molecule has 0 bridgehead atoms. The average molecular weight is 308 g/mol. The summed E-state index contributed by atoms with van der Waals surface area (Å²) < 4.78 is 18.5. The number of ketones is 1. The Hall–Kier alpha value is -2.83.